The maximum absolute atomic E-state index is 12.2. The Morgan fingerprint density at radius 2 is 2.05 bits per heavy atom. The summed E-state index contributed by atoms with van der Waals surface area (Å²) < 4.78 is 0. The number of carbonyl (C=O) groups is 2. The minimum Gasteiger partial charge on any atom is -0.480 e. The number of aryl methyl sites for hydroxylation is 1. The van der Waals surface area contributed by atoms with Gasteiger partial charge in [0.05, 0.1) is 6.54 Å². The summed E-state index contributed by atoms with van der Waals surface area (Å²) in [5, 5.41) is 13.4. The van der Waals surface area contributed by atoms with E-state index >= 15 is 0 Å². The van der Waals surface area contributed by atoms with Gasteiger partial charge in [0.2, 0.25) is 0 Å². The second-order valence-electron chi connectivity index (χ2n) is 5.31. The van der Waals surface area contributed by atoms with Gasteiger partial charge in [0.25, 0.3) is 0 Å². The molecule has 1 aromatic heterocycles. The van der Waals surface area contributed by atoms with Gasteiger partial charge in [0, 0.05) is 11.4 Å². The fourth-order valence-corrected chi connectivity index (χ4v) is 2.66. The quantitative estimate of drug-likeness (QED) is 0.848. The number of hydrogen-bond donors (Lipinski definition) is 2. The third-order valence-corrected chi connectivity index (χ3v) is 3.89. The largest absolute Gasteiger partial charge is 0.480 e. The van der Waals surface area contributed by atoms with Crippen LogP contribution in [0.15, 0.2) is 11.4 Å². The molecule has 0 fully saturated rings. The Morgan fingerprint density at radius 1 is 1.40 bits per heavy atom. The maximum Gasteiger partial charge on any atom is 0.325 e. The number of amides is 2. The molecule has 0 radical (unpaired) electrons. The summed E-state index contributed by atoms with van der Waals surface area (Å²) in [6, 6.07) is 0.800. The highest BCUT2D eigenvalue weighted by atomic mass is 32.1. The summed E-state index contributed by atoms with van der Waals surface area (Å²) in [7, 11) is 0. The molecule has 5 nitrogen and oxygen atoms in total. The number of thiophene rings is 1. The van der Waals surface area contributed by atoms with Crippen LogP contribution in [0.4, 0.5) is 4.79 Å². The summed E-state index contributed by atoms with van der Waals surface area (Å²) in [6.45, 7) is 8.64. The van der Waals surface area contributed by atoms with Gasteiger partial charge >= 0.3 is 12.0 Å². The molecular formula is C14H22N2O3S. The van der Waals surface area contributed by atoms with Crippen molar-refractivity contribution >= 4 is 23.3 Å². The van der Waals surface area contributed by atoms with Crippen molar-refractivity contribution in [2.24, 2.45) is 5.92 Å². The highest BCUT2D eigenvalue weighted by Gasteiger charge is 2.21. The molecule has 112 valence electrons. The van der Waals surface area contributed by atoms with Crippen LogP contribution in [0, 0.1) is 12.8 Å². The van der Waals surface area contributed by atoms with Crippen LogP contribution in [0.2, 0.25) is 0 Å². The average Bonchev–Trinajstić information content (AvgIpc) is 2.73. The van der Waals surface area contributed by atoms with E-state index in [2.05, 4.69) is 5.32 Å². The van der Waals surface area contributed by atoms with Crippen LogP contribution in [0.3, 0.4) is 0 Å². The number of aliphatic carboxylic acids is 1. The zero-order valence-electron chi connectivity index (χ0n) is 12.3. The minimum atomic E-state index is -1.03. The zero-order chi connectivity index (χ0) is 15.3. The lowest BCUT2D eigenvalue weighted by Gasteiger charge is -2.25. The van der Waals surface area contributed by atoms with Gasteiger partial charge in [0.1, 0.15) is 6.04 Å². The van der Waals surface area contributed by atoms with Gasteiger partial charge in [-0.15, -0.1) is 11.3 Å². The predicted octanol–water partition coefficient (Wildman–Crippen LogP) is 2.70. The van der Waals surface area contributed by atoms with E-state index < -0.39 is 12.0 Å². The molecule has 0 bridgehead atoms. The molecule has 1 aromatic rings. The van der Waals surface area contributed by atoms with Gasteiger partial charge in [-0.25, -0.2) is 4.79 Å². The van der Waals surface area contributed by atoms with E-state index in [9.17, 15) is 9.59 Å². The summed E-state index contributed by atoms with van der Waals surface area (Å²) in [5.74, 6) is -0.712. The third-order valence-electron chi connectivity index (χ3n) is 2.89. The van der Waals surface area contributed by atoms with Crippen molar-refractivity contribution in [1.82, 2.24) is 10.2 Å². The molecule has 6 heteroatoms. The van der Waals surface area contributed by atoms with Gasteiger partial charge in [-0.3, -0.25) is 4.79 Å². The third kappa shape index (κ3) is 4.85. The highest BCUT2D eigenvalue weighted by Crippen LogP contribution is 2.18. The van der Waals surface area contributed by atoms with E-state index in [1.165, 1.54) is 6.92 Å². The molecule has 1 atom stereocenters. The van der Waals surface area contributed by atoms with Gasteiger partial charge in [-0.2, -0.15) is 0 Å². The smallest absolute Gasteiger partial charge is 0.325 e. The number of carbonyl (C=O) groups excluding carboxylic acids is 1. The lowest BCUT2D eigenvalue weighted by atomic mass is 10.2. The first-order valence-corrected chi connectivity index (χ1v) is 7.50. The summed E-state index contributed by atoms with van der Waals surface area (Å²) in [6.07, 6.45) is 0. The Balaban J connectivity index is 2.76. The number of carboxylic acid groups (broad SMARTS) is 1. The fraction of sp³-hybridized carbons (Fsp3) is 0.571. The minimum absolute atomic E-state index is 0.321. The van der Waals surface area contributed by atoms with E-state index in [4.69, 9.17) is 5.11 Å². The molecule has 1 heterocycles. The molecule has 0 saturated heterocycles. The predicted molar refractivity (Wildman–Crippen MR) is 79.9 cm³/mol. The van der Waals surface area contributed by atoms with Gasteiger partial charge in [-0.1, -0.05) is 13.8 Å². The van der Waals surface area contributed by atoms with Crippen molar-refractivity contribution in [2.75, 3.05) is 6.54 Å². The van der Waals surface area contributed by atoms with Crippen LogP contribution in [0.1, 0.15) is 31.2 Å². The fourth-order valence-electron chi connectivity index (χ4n) is 1.74. The van der Waals surface area contributed by atoms with E-state index in [1.54, 1.807) is 16.2 Å². The van der Waals surface area contributed by atoms with Gasteiger partial charge < -0.3 is 15.3 Å². The van der Waals surface area contributed by atoms with Crippen LogP contribution in [-0.4, -0.2) is 34.6 Å². The SMILES string of the molecule is Cc1ccsc1CN(CC(C)C)C(=O)NC(C)C(=O)O. The maximum atomic E-state index is 12.2. The average molecular weight is 298 g/mol. The second-order valence-corrected chi connectivity index (χ2v) is 6.31. The molecule has 0 saturated carbocycles. The number of rotatable bonds is 6. The first-order valence-electron chi connectivity index (χ1n) is 6.62. The Labute approximate surface area is 123 Å². The normalized spacial score (nSPS) is 12.2. The summed E-state index contributed by atoms with van der Waals surface area (Å²) in [5.41, 5.74) is 1.16. The Morgan fingerprint density at radius 3 is 2.50 bits per heavy atom. The van der Waals surface area contributed by atoms with Crippen LogP contribution in [0.5, 0.6) is 0 Å². The van der Waals surface area contributed by atoms with Crippen LogP contribution < -0.4 is 5.32 Å². The van der Waals surface area contributed by atoms with Crippen molar-refractivity contribution in [2.45, 2.75) is 40.3 Å². The Kier molecular flexibility index (Phi) is 6.01. The van der Waals surface area contributed by atoms with Gasteiger partial charge in [-0.05, 0) is 36.8 Å². The highest BCUT2D eigenvalue weighted by molar-refractivity contribution is 7.10. The number of nitrogens with zero attached hydrogens (tertiary/aromatic N) is 1. The molecule has 0 aromatic carbocycles. The Bertz CT molecular complexity index is 471. The zero-order valence-corrected chi connectivity index (χ0v) is 13.2. The molecule has 20 heavy (non-hydrogen) atoms. The molecule has 2 N–H and O–H groups in total. The van der Waals surface area contributed by atoms with Crippen molar-refractivity contribution in [3.05, 3.63) is 21.9 Å². The van der Waals surface area contributed by atoms with E-state index in [-0.39, 0.29) is 6.03 Å². The van der Waals surface area contributed by atoms with Crippen LogP contribution >= 0.6 is 11.3 Å². The second kappa shape index (κ2) is 7.28. The standard InChI is InChI=1S/C14H22N2O3S/c1-9(2)7-16(8-12-10(3)5-6-20-12)14(19)15-11(4)13(17)18/h5-6,9,11H,7-8H2,1-4H3,(H,15,19)(H,17,18). The number of urea groups is 1. The lowest BCUT2D eigenvalue weighted by molar-refractivity contribution is -0.138. The monoisotopic (exact) mass is 298 g/mol. The number of carboxylic acids is 1. The summed E-state index contributed by atoms with van der Waals surface area (Å²) in [4.78, 5) is 25.8. The molecule has 1 unspecified atom stereocenters. The Hall–Kier alpha value is -1.56. The van der Waals surface area contributed by atoms with Crippen LogP contribution in [0.25, 0.3) is 0 Å². The number of hydrogen-bond acceptors (Lipinski definition) is 3. The summed E-state index contributed by atoms with van der Waals surface area (Å²) >= 11 is 1.61. The molecule has 0 aliphatic carbocycles. The van der Waals surface area contributed by atoms with Crippen molar-refractivity contribution < 1.29 is 14.7 Å². The van der Waals surface area contributed by atoms with Crippen molar-refractivity contribution in [3.8, 4) is 0 Å². The molecule has 0 aliphatic rings. The van der Waals surface area contributed by atoms with E-state index in [1.807, 2.05) is 32.2 Å². The molecular weight excluding hydrogens is 276 g/mol. The molecule has 1 rings (SSSR count). The lowest BCUT2D eigenvalue weighted by Crippen LogP contribution is -2.47. The first-order chi connectivity index (χ1) is 9.31. The van der Waals surface area contributed by atoms with Crippen LogP contribution in [-0.2, 0) is 11.3 Å². The van der Waals surface area contributed by atoms with E-state index in [0.29, 0.717) is 19.0 Å². The van der Waals surface area contributed by atoms with Gasteiger partial charge in [0.15, 0.2) is 0 Å². The molecule has 0 aliphatic heterocycles. The molecule has 2 amide bonds. The topological polar surface area (TPSA) is 69.6 Å². The number of nitrogens with one attached hydrogen (secondary N) is 1. The van der Waals surface area contributed by atoms with Crippen molar-refractivity contribution in [3.63, 3.8) is 0 Å². The van der Waals surface area contributed by atoms with Crippen molar-refractivity contribution in [1.29, 1.82) is 0 Å². The first kappa shape index (κ1) is 16.5. The van der Waals surface area contributed by atoms with E-state index in [0.717, 1.165) is 10.4 Å². The molecule has 0 spiro atoms.